The van der Waals surface area contributed by atoms with Gasteiger partial charge in [0.15, 0.2) is 0 Å². The molecule has 20 heavy (non-hydrogen) atoms. The molecule has 0 radical (unpaired) electrons. The second kappa shape index (κ2) is 8.25. The molecule has 1 aliphatic rings. The zero-order chi connectivity index (χ0) is 15.1. The zero-order valence-corrected chi connectivity index (χ0v) is 13.2. The first-order valence-electron chi connectivity index (χ1n) is 7.70. The van der Waals surface area contributed by atoms with Gasteiger partial charge in [-0.3, -0.25) is 9.59 Å². The highest BCUT2D eigenvalue weighted by atomic mass is 16.2. The molecule has 0 bridgehead atoms. The maximum atomic E-state index is 12.0. The number of hydrogen-bond donors (Lipinski definition) is 3. The summed E-state index contributed by atoms with van der Waals surface area (Å²) in [5, 5.41) is 8.96. The Morgan fingerprint density at radius 2 is 1.90 bits per heavy atom. The molecule has 0 saturated carbocycles. The standard InChI is InChI=1S/C15H29N3O2/c1-10(2)17-15(20)12(4)18-14(19)8-11(3)13-6-5-7-16-9-13/h10-13,16H,5-9H2,1-4H3,(H,17,20)(H,18,19). The minimum atomic E-state index is -0.471. The lowest BCUT2D eigenvalue weighted by Crippen LogP contribution is -2.47. The van der Waals surface area contributed by atoms with Crippen LogP contribution in [0.1, 0.15) is 47.0 Å². The molecule has 0 aliphatic carbocycles. The van der Waals surface area contributed by atoms with Crippen molar-refractivity contribution in [2.45, 2.75) is 59.0 Å². The molecule has 1 fully saturated rings. The van der Waals surface area contributed by atoms with E-state index in [4.69, 9.17) is 0 Å². The van der Waals surface area contributed by atoms with Crippen LogP contribution in [0.25, 0.3) is 0 Å². The molecule has 0 aromatic rings. The van der Waals surface area contributed by atoms with Gasteiger partial charge in [0.05, 0.1) is 0 Å². The van der Waals surface area contributed by atoms with Crippen LogP contribution in [0, 0.1) is 11.8 Å². The highest BCUT2D eigenvalue weighted by Gasteiger charge is 2.23. The first kappa shape index (κ1) is 17.0. The molecule has 5 heteroatoms. The van der Waals surface area contributed by atoms with E-state index in [0.717, 1.165) is 13.1 Å². The maximum absolute atomic E-state index is 12.0. The van der Waals surface area contributed by atoms with Gasteiger partial charge in [0.2, 0.25) is 11.8 Å². The first-order chi connectivity index (χ1) is 9.40. The van der Waals surface area contributed by atoms with Gasteiger partial charge in [0, 0.05) is 12.5 Å². The van der Waals surface area contributed by atoms with Crippen LogP contribution < -0.4 is 16.0 Å². The molecular weight excluding hydrogens is 254 g/mol. The number of hydrogen-bond acceptors (Lipinski definition) is 3. The highest BCUT2D eigenvalue weighted by Crippen LogP contribution is 2.22. The Hall–Kier alpha value is -1.10. The van der Waals surface area contributed by atoms with Gasteiger partial charge in [-0.25, -0.2) is 0 Å². The summed E-state index contributed by atoms with van der Waals surface area (Å²) in [6.45, 7) is 9.74. The molecular formula is C15H29N3O2. The molecule has 0 aromatic heterocycles. The van der Waals surface area contributed by atoms with E-state index in [1.54, 1.807) is 6.92 Å². The predicted octanol–water partition coefficient (Wildman–Crippen LogP) is 1.04. The molecule has 3 unspecified atom stereocenters. The predicted molar refractivity (Wildman–Crippen MR) is 80.3 cm³/mol. The Kier molecular flexibility index (Phi) is 6.99. The molecule has 116 valence electrons. The summed E-state index contributed by atoms with van der Waals surface area (Å²) >= 11 is 0. The number of rotatable bonds is 6. The molecule has 1 saturated heterocycles. The molecule has 3 N–H and O–H groups in total. The molecule has 0 aromatic carbocycles. The van der Waals surface area contributed by atoms with Gasteiger partial charge in [-0.05, 0) is 58.5 Å². The largest absolute Gasteiger partial charge is 0.352 e. The van der Waals surface area contributed by atoms with E-state index in [1.807, 2.05) is 13.8 Å². The normalized spacial score (nSPS) is 22.1. The van der Waals surface area contributed by atoms with E-state index in [2.05, 4.69) is 22.9 Å². The van der Waals surface area contributed by atoms with E-state index < -0.39 is 6.04 Å². The lowest BCUT2D eigenvalue weighted by Gasteiger charge is -2.28. The van der Waals surface area contributed by atoms with Crippen LogP contribution in [-0.4, -0.2) is 37.0 Å². The summed E-state index contributed by atoms with van der Waals surface area (Å²) in [5.41, 5.74) is 0. The Bertz CT molecular complexity index is 325. The number of carbonyl (C=O) groups excluding carboxylic acids is 2. The number of nitrogens with one attached hydrogen (secondary N) is 3. The van der Waals surface area contributed by atoms with E-state index in [1.165, 1.54) is 12.8 Å². The average Bonchev–Trinajstić information content (AvgIpc) is 2.38. The fraction of sp³-hybridized carbons (Fsp3) is 0.867. The Morgan fingerprint density at radius 1 is 1.20 bits per heavy atom. The van der Waals surface area contributed by atoms with Crippen LogP contribution in [0.3, 0.4) is 0 Å². The number of piperidine rings is 1. The smallest absolute Gasteiger partial charge is 0.242 e. The van der Waals surface area contributed by atoms with Crippen LogP contribution in [0.15, 0.2) is 0 Å². The summed E-state index contributed by atoms with van der Waals surface area (Å²) < 4.78 is 0. The van der Waals surface area contributed by atoms with Crippen molar-refractivity contribution >= 4 is 11.8 Å². The Labute approximate surface area is 122 Å². The second-order valence-corrected chi connectivity index (χ2v) is 6.24. The van der Waals surface area contributed by atoms with Gasteiger partial charge in [-0.2, -0.15) is 0 Å². The third-order valence-corrected chi connectivity index (χ3v) is 3.85. The first-order valence-corrected chi connectivity index (χ1v) is 7.70. The van der Waals surface area contributed by atoms with Crippen molar-refractivity contribution in [3.8, 4) is 0 Å². The number of amides is 2. The maximum Gasteiger partial charge on any atom is 0.242 e. The van der Waals surface area contributed by atoms with Crippen molar-refractivity contribution in [3.05, 3.63) is 0 Å². The van der Waals surface area contributed by atoms with Crippen LogP contribution in [-0.2, 0) is 9.59 Å². The van der Waals surface area contributed by atoms with Crippen molar-refractivity contribution in [3.63, 3.8) is 0 Å². The highest BCUT2D eigenvalue weighted by molar-refractivity contribution is 5.87. The quantitative estimate of drug-likeness (QED) is 0.682. The minimum Gasteiger partial charge on any atom is -0.352 e. The van der Waals surface area contributed by atoms with Crippen molar-refractivity contribution in [1.82, 2.24) is 16.0 Å². The second-order valence-electron chi connectivity index (χ2n) is 6.24. The molecule has 3 atom stereocenters. The van der Waals surface area contributed by atoms with Crippen LogP contribution in [0.4, 0.5) is 0 Å². The van der Waals surface area contributed by atoms with E-state index >= 15 is 0 Å². The molecule has 0 spiro atoms. The lowest BCUT2D eigenvalue weighted by molar-refractivity contribution is -0.129. The molecule has 2 amide bonds. The van der Waals surface area contributed by atoms with Gasteiger partial charge >= 0.3 is 0 Å². The van der Waals surface area contributed by atoms with Crippen molar-refractivity contribution in [2.75, 3.05) is 13.1 Å². The van der Waals surface area contributed by atoms with E-state index in [-0.39, 0.29) is 17.9 Å². The SMILES string of the molecule is CC(C)NC(=O)C(C)NC(=O)CC(C)C1CCCNC1. The zero-order valence-electron chi connectivity index (χ0n) is 13.2. The Balaban J connectivity index is 2.32. The van der Waals surface area contributed by atoms with Crippen molar-refractivity contribution < 1.29 is 9.59 Å². The molecule has 1 heterocycles. The fourth-order valence-electron chi connectivity index (χ4n) is 2.60. The topological polar surface area (TPSA) is 70.2 Å². The van der Waals surface area contributed by atoms with Crippen LogP contribution in [0.5, 0.6) is 0 Å². The van der Waals surface area contributed by atoms with E-state index in [0.29, 0.717) is 18.3 Å². The van der Waals surface area contributed by atoms with Gasteiger partial charge in [-0.15, -0.1) is 0 Å². The minimum absolute atomic E-state index is 0.0329. The van der Waals surface area contributed by atoms with Crippen molar-refractivity contribution in [2.24, 2.45) is 11.8 Å². The van der Waals surface area contributed by atoms with E-state index in [9.17, 15) is 9.59 Å². The fourth-order valence-corrected chi connectivity index (χ4v) is 2.60. The average molecular weight is 283 g/mol. The monoisotopic (exact) mass is 283 g/mol. The van der Waals surface area contributed by atoms with Gasteiger partial charge < -0.3 is 16.0 Å². The third-order valence-electron chi connectivity index (χ3n) is 3.85. The summed E-state index contributed by atoms with van der Waals surface area (Å²) in [5.74, 6) is 0.757. The molecule has 5 nitrogen and oxygen atoms in total. The lowest BCUT2D eigenvalue weighted by atomic mass is 9.85. The van der Waals surface area contributed by atoms with Crippen LogP contribution in [0.2, 0.25) is 0 Å². The van der Waals surface area contributed by atoms with Gasteiger partial charge in [0.25, 0.3) is 0 Å². The molecule has 1 rings (SSSR count). The summed E-state index contributed by atoms with van der Waals surface area (Å²) in [7, 11) is 0. The third kappa shape index (κ3) is 5.90. The molecule has 1 aliphatic heterocycles. The van der Waals surface area contributed by atoms with Crippen LogP contribution >= 0.6 is 0 Å². The van der Waals surface area contributed by atoms with Gasteiger partial charge in [0.1, 0.15) is 6.04 Å². The van der Waals surface area contributed by atoms with Crippen molar-refractivity contribution in [1.29, 1.82) is 0 Å². The summed E-state index contributed by atoms with van der Waals surface area (Å²) in [6, 6.07) is -0.379. The Morgan fingerprint density at radius 3 is 2.45 bits per heavy atom. The number of carbonyl (C=O) groups is 2. The van der Waals surface area contributed by atoms with Gasteiger partial charge in [-0.1, -0.05) is 6.92 Å². The summed E-state index contributed by atoms with van der Waals surface area (Å²) in [6.07, 6.45) is 2.86. The summed E-state index contributed by atoms with van der Waals surface area (Å²) in [4.78, 5) is 23.7.